The lowest BCUT2D eigenvalue weighted by Gasteiger charge is -2.25. The normalized spacial score (nSPS) is 16.2. The number of aliphatic hydroxyl groups is 5. The largest absolute Gasteiger partial charge is 0.400 e. The summed E-state index contributed by atoms with van der Waals surface area (Å²) in [6.07, 6.45) is 6.25. The second kappa shape index (κ2) is 18.2. The van der Waals surface area contributed by atoms with Gasteiger partial charge in [-0.2, -0.15) is 0 Å². The highest BCUT2D eigenvalue weighted by atomic mass is 16.5. The average molecular weight is 254 g/mol. The maximum Gasteiger partial charge on any atom is 0.162 e. The summed E-state index contributed by atoms with van der Waals surface area (Å²) in [7, 11) is 2.00. The molecule has 0 aromatic rings. The molecule has 17 heavy (non-hydrogen) atoms. The number of rotatable bonds is 2. The van der Waals surface area contributed by atoms with Gasteiger partial charge in [0.05, 0.1) is 0 Å². The van der Waals surface area contributed by atoms with Crippen molar-refractivity contribution in [3.8, 4) is 0 Å². The summed E-state index contributed by atoms with van der Waals surface area (Å²) >= 11 is 0. The van der Waals surface area contributed by atoms with Gasteiger partial charge in [0.2, 0.25) is 0 Å². The number of aliphatic hydroxyl groups excluding tert-OH is 3. The minimum Gasteiger partial charge on any atom is -0.400 e. The van der Waals surface area contributed by atoms with Crippen molar-refractivity contribution in [1.29, 1.82) is 0 Å². The molecule has 0 aromatic heterocycles. The highest BCUT2D eigenvalue weighted by Gasteiger charge is 2.24. The molecule has 0 heterocycles. The fourth-order valence-electron chi connectivity index (χ4n) is 1.28. The van der Waals surface area contributed by atoms with Crippen molar-refractivity contribution in [1.82, 2.24) is 0 Å². The predicted octanol–water partition coefficient (Wildman–Crippen LogP) is 0.627. The molecule has 0 atom stereocenters. The summed E-state index contributed by atoms with van der Waals surface area (Å²) in [6.45, 7) is 2.40. The van der Waals surface area contributed by atoms with Crippen molar-refractivity contribution in [2.45, 2.75) is 57.7 Å². The maximum absolute atomic E-state index is 8.93. The maximum atomic E-state index is 8.93. The smallest absolute Gasteiger partial charge is 0.162 e. The van der Waals surface area contributed by atoms with Crippen LogP contribution in [0.25, 0.3) is 0 Å². The Morgan fingerprint density at radius 1 is 0.882 bits per heavy atom. The number of hydrogen-bond donors (Lipinski definition) is 5. The van der Waals surface area contributed by atoms with E-state index >= 15 is 0 Å². The van der Waals surface area contributed by atoms with E-state index in [1.165, 1.54) is 0 Å². The average Bonchev–Trinajstić information content (AvgIpc) is 2.36. The van der Waals surface area contributed by atoms with Gasteiger partial charge in [0.1, 0.15) is 0 Å². The van der Waals surface area contributed by atoms with Crippen LogP contribution in [0.15, 0.2) is 0 Å². The first-order valence-electron chi connectivity index (χ1n) is 6.07. The lowest BCUT2D eigenvalue weighted by Crippen LogP contribution is -2.30. The van der Waals surface area contributed by atoms with Crippen LogP contribution in [0.2, 0.25) is 0 Å². The van der Waals surface area contributed by atoms with Crippen LogP contribution in [-0.2, 0) is 0 Å². The molecule has 0 amide bonds. The Hall–Kier alpha value is -0.200. The standard InChI is InChI=1S/C6H12O2.C4H10O.2CH4O/c7-6(8)4-2-1-3-5-6;1-2-3-4-5;2*1-2/h7-8H,1-5H2;5H,2-4H2,1H3;2*2H,1H3. The van der Waals surface area contributed by atoms with E-state index < -0.39 is 5.79 Å². The topological polar surface area (TPSA) is 101 Å². The molecule has 5 N–H and O–H groups in total. The molecule has 1 fully saturated rings. The molecule has 1 aliphatic carbocycles. The first-order valence-corrected chi connectivity index (χ1v) is 6.07. The Morgan fingerprint density at radius 3 is 1.41 bits per heavy atom. The fourth-order valence-corrected chi connectivity index (χ4v) is 1.28. The van der Waals surface area contributed by atoms with Gasteiger partial charge in [0, 0.05) is 33.7 Å². The van der Waals surface area contributed by atoms with Crippen molar-refractivity contribution >= 4 is 0 Å². The van der Waals surface area contributed by atoms with E-state index in [4.69, 9.17) is 25.5 Å². The van der Waals surface area contributed by atoms with Crippen molar-refractivity contribution in [3.05, 3.63) is 0 Å². The Morgan fingerprint density at radius 2 is 1.29 bits per heavy atom. The summed E-state index contributed by atoms with van der Waals surface area (Å²) in [5, 5.41) is 39.9. The van der Waals surface area contributed by atoms with Crippen LogP contribution < -0.4 is 0 Å². The molecule has 1 saturated carbocycles. The Labute approximate surface area is 105 Å². The fraction of sp³-hybridized carbons (Fsp3) is 1.00. The van der Waals surface area contributed by atoms with E-state index in [0.29, 0.717) is 19.4 Å². The molecule has 108 valence electrons. The van der Waals surface area contributed by atoms with Gasteiger partial charge >= 0.3 is 0 Å². The van der Waals surface area contributed by atoms with Crippen molar-refractivity contribution < 1.29 is 25.5 Å². The summed E-state index contributed by atoms with van der Waals surface area (Å²) in [6, 6.07) is 0. The van der Waals surface area contributed by atoms with Crippen LogP contribution in [0.5, 0.6) is 0 Å². The van der Waals surface area contributed by atoms with Crippen molar-refractivity contribution in [2.24, 2.45) is 0 Å². The highest BCUT2D eigenvalue weighted by Crippen LogP contribution is 2.24. The first kappa shape index (κ1) is 22.0. The zero-order valence-corrected chi connectivity index (χ0v) is 11.4. The Kier molecular flexibility index (Phi) is 23.5. The summed E-state index contributed by atoms with van der Waals surface area (Å²) in [5.41, 5.74) is 0. The van der Waals surface area contributed by atoms with Crippen LogP contribution in [-0.4, -0.2) is 52.1 Å². The van der Waals surface area contributed by atoms with E-state index in [1.807, 2.05) is 0 Å². The van der Waals surface area contributed by atoms with Gasteiger partial charge < -0.3 is 25.5 Å². The third-order valence-corrected chi connectivity index (χ3v) is 2.17. The van der Waals surface area contributed by atoms with Crippen molar-refractivity contribution in [2.75, 3.05) is 20.8 Å². The summed E-state index contributed by atoms with van der Waals surface area (Å²) in [5.74, 6) is -1.32. The first-order chi connectivity index (χ1) is 8.12. The molecule has 0 spiro atoms. The minimum atomic E-state index is -1.32. The van der Waals surface area contributed by atoms with E-state index in [2.05, 4.69) is 6.92 Å². The van der Waals surface area contributed by atoms with E-state index in [0.717, 1.165) is 46.3 Å². The third-order valence-electron chi connectivity index (χ3n) is 2.17. The van der Waals surface area contributed by atoms with Crippen LogP contribution in [0, 0.1) is 0 Å². The van der Waals surface area contributed by atoms with E-state index in [1.54, 1.807) is 0 Å². The summed E-state index contributed by atoms with van der Waals surface area (Å²) < 4.78 is 0. The molecule has 1 rings (SSSR count). The van der Waals surface area contributed by atoms with Gasteiger partial charge in [-0.25, -0.2) is 0 Å². The lowest BCUT2D eigenvalue weighted by atomic mass is 9.95. The third kappa shape index (κ3) is 21.6. The Bertz CT molecular complexity index is 107. The highest BCUT2D eigenvalue weighted by molar-refractivity contribution is 4.69. The Balaban J connectivity index is -0.000000190. The SMILES string of the molecule is CCCCO.CO.CO.OC1(O)CCCCC1. The number of hydrogen-bond acceptors (Lipinski definition) is 5. The molecule has 0 unspecified atom stereocenters. The lowest BCUT2D eigenvalue weighted by molar-refractivity contribution is -0.180. The number of unbranched alkanes of at least 4 members (excludes halogenated alkanes) is 1. The summed E-state index contributed by atoms with van der Waals surface area (Å²) in [4.78, 5) is 0. The van der Waals surface area contributed by atoms with Crippen molar-refractivity contribution in [3.63, 3.8) is 0 Å². The monoisotopic (exact) mass is 254 g/mol. The van der Waals surface area contributed by atoms with Gasteiger partial charge in [0.15, 0.2) is 5.79 Å². The van der Waals surface area contributed by atoms with Gasteiger partial charge in [-0.1, -0.05) is 19.8 Å². The van der Waals surface area contributed by atoms with Gasteiger partial charge in [-0.15, -0.1) is 0 Å². The predicted molar refractivity (Wildman–Crippen MR) is 68.5 cm³/mol. The molecular formula is C12H30O5. The van der Waals surface area contributed by atoms with Crippen LogP contribution in [0.3, 0.4) is 0 Å². The zero-order chi connectivity index (χ0) is 14.2. The quantitative estimate of drug-likeness (QED) is 0.465. The van der Waals surface area contributed by atoms with E-state index in [-0.39, 0.29) is 0 Å². The minimum absolute atomic E-state index is 0.344. The molecule has 0 aliphatic heterocycles. The molecule has 5 heteroatoms. The van der Waals surface area contributed by atoms with Gasteiger partial charge in [-0.3, -0.25) is 0 Å². The molecule has 0 aromatic carbocycles. The van der Waals surface area contributed by atoms with Crippen LogP contribution in [0.4, 0.5) is 0 Å². The molecule has 1 aliphatic rings. The zero-order valence-electron chi connectivity index (χ0n) is 11.4. The van der Waals surface area contributed by atoms with E-state index in [9.17, 15) is 0 Å². The van der Waals surface area contributed by atoms with Gasteiger partial charge in [-0.05, 0) is 19.3 Å². The molecule has 5 nitrogen and oxygen atoms in total. The molecular weight excluding hydrogens is 224 g/mol. The second-order valence-corrected chi connectivity index (χ2v) is 3.62. The molecule has 0 saturated heterocycles. The van der Waals surface area contributed by atoms with Crippen LogP contribution >= 0.6 is 0 Å². The molecule has 0 bridgehead atoms. The van der Waals surface area contributed by atoms with Gasteiger partial charge in [0.25, 0.3) is 0 Å². The second-order valence-electron chi connectivity index (χ2n) is 3.62. The molecule has 0 radical (unpaired) electrons. The van der Waals surface area contributed by atoms with Crippen LogP contribution in [0.1, 0.15) is 51.9 Å².